The van der Waals surface area contributed by atoms with Crippen LogP contribution in [0.2, 0.25) is 0 Å². The van der Waals surface area contributed by atoms with Gasteiger partial charge in [0.15, 0.2) is 0 Å². The third kappa shape index (κ3) is 2.51. The number of halogens is 1. The van der Waals surface area contributed by atoms with Crippen molar-refractivity contribution >= 4 is 21.6 Å². The van der Waals surface area contributed by atoms with E-state index in [2.05, 4.69) is 34.2 Å². The molecule has 2 unspecified atom stereocenters. The van der Waals surface area contributed by atoms with Crippen LogP contribution in [0.1, 0.15) is 26.2 Å². The summed E-state index contributed by atoms with van der Waals surface area (Å²) in [7, 11) is 1.71. The highest BCUT2D eigenvalue weighted by molar-refractivity contribution is 9.10. The molecule has 2 rings (SSSR count). The average molecular weight is 284 g/mol. The number of hydrogen-bond acceptors (Lipinski definition) is 2. The first-order valence-electron chi connectivity index (χ1n) is 5.81. The summed E-state index contributed by atoms with van der Waals surface area (Å²) in [5.41, 5.74) is 1.09. The lowest BCUT2D eigenvalue weighted by atomic mass is 10.1. The summed E-state index contributed by atoms with van der Waals surface area (Å²) in [4.78, 5) is 0. The van der Waals surface area contributed by atoms with Gasteiger partial charge in [0.2, 0.25) is 0 Å². The van der Waals surface area contributed by atoms with Crippen molar-refractivity contribution in [2.45, 2.75) is 32.2 Å². The van der Waals surface area contributed by atoms with E-state index >= 15 is 0 Å². The molecule has 16 heavy (non-hydrogen) atoms. The van der Waals surface area contributed by atoms with Crippen molar-refractivity contribution in [3.63, 3.8) is 0 Å². The second-order valence-electron chi connectivity index (χ2n) is 4.50. The van der Waals surface area contributed by atoms with Gasteiger partial charge in [0.1, 0.15) is 5.75 Å². The van der Waals surface area contributed by atoms with Gasteiger partial charge in [-0.15, -0.1) is 0 Å². The van der Waals surface area contributed by atoms with E-state index in [1.165, 1.54) is 19.3 Å². The fraction of sp³-hybridized carbons (Fsp3) is 0.538. The minimum atomic E-state index is 0.586. The van der Waals surface area contributed by atoms with Crippen molar-refractivity contribution in [2.24, 2.45) is 5.92 Å². The maximum Gasteiger partial charge on any atom is 0.142 e. The van der Waals surface area contributed by atoms with Crippen molar-refractivity contribution in [1.82, 2.24) is 0 Å². The third-order valence-corrected chi connectivity index (χ3v) is 3.86. The number of ether oxygens (including phenoxy) is 1. The van der Waals surface area contributed by atoms with Crippen molar-refractivity contribution in [3.05, 3.63) is 22.7 Å². The van der Waals surface area contributed by atoms with Gasteiger partial charge in [0.05, 0.1) is 12.8 Å². The maximum absolute atomic E-state index is 5.36. The van der Waals surface area contributed by atoms with E-state index in [0.29, 0.717) is 6.04 Å². The Morgan fingerprint density at radius 3 is 2.81 bits per heavy atom. The van der Waals surface area contributed by atoms with Crippen LogP contribution >= 0.6 is 15.9 Å². The summed E-state index contributed by atoms with van der Waals surface area (Å²) >= 11 is 3.49. The molecule has 0 aliphatic heterocycles. The first kappa shape index (κ1) is 11.8. The highest BCUT2D eigenvalue weighted by Crippen LogP contribution is 2.33. The van der Waals surface area contributed by atoms with Crippen LogP contribution in [0.25, 0.3) is 0 Å². The Hall–Kier alpha value is -0.700. The van der Waals surface area contributed by atoms with Gasteiger partial charge in [-0.1, -0.05) is 29.3 Å². The van der Waals surface area contributed by atoms with E-state index in [4.69, 9.17) is 4.74 Å². The van der Waals surface area contributed by atoms with Crippen LogP contribution in [0.5, 0.6) is 5.75 Å². The Labute approximate surface area is 106 Å². The molecule has 0 heterocycles. The lowest BCUT2D eigenvalue weighted by Gasteiger charge is -2.20. The molecule has 0 saturated heterocycles. The second kappa shape index (κ2) is 5.09. The smallest absolute Gasteiger partial charge is 0.142 e. The molecule has 1 aromatic carbocycles. The van der Waals surface area contributed by atoms with Crippen LogP contribution in [-0.4, -0.2) is 13.2 Å². The van der Waals surface area contributed by atoms with E-state index in [1.807, 2.05) is 12.1 Å². The topological polar surface area (TPSA) is 21.3 Å². The van der Waals surface area contributed by atoms with E-state index in [9.17, 15) is 0 Å². The molecule has 0 spiro atoms. The van der Waals surface area contributed by atoms with E-state index in [0.717, 1.165) is 21.8 Å². The number of benzene rings is 1. The Balaban J connectivity index is 2.16. The molecule has 2 nitrogen and oxygen atoms in total. The normalized spacial score (nSPS) is 24.4. The van der Waals surface area contributed by atoms with E-state index in [1.54, 1.807) is 7.11 Å². The summed E-state index contributed by atoms with van der Waals surface area (Å²) in [5, 5.41) is 3.60. The first-order valence-corrected chi connectivity index (χ1v) is 6.60. The van der Waals surface area contributed by atoms with E-state index < -0.39 is 0 Å². The molecular weight excluding hydrogens is 266 g/mol. The lowest BCUT2D eigenvalue weighted by Crippen LogP contribution is -2.22. The summed E-state index contributed by atoms with van der Waals surface area (Å²) in [6.45, 7) is 2.31. The van der Waals surface area contributed by atoms with Crippen LogP contribution < -0.4 is 10.1 Å². The zero-order valence-corrected chi connectivity index (χ0v) is 11.4. The van der Waals surface area contributed by atoms with Gasteiger partial charge in [-0.2, -0.15) is 0 Å². The molecule has 1 saturated carbocycles. The fourth-order valence-electron chi connectivity index (χ4n) is 2.35. The summed E-state index contributed by atoms with van der Waals surface area (Å²) in [6, 6.07) is 6.67. The lowest BCUT2D eigenvalue weighted by molar-refractivity contribution is 0.415. The van der Waals surface area contributed by atoms with Gasteiger partial charge >= 0.3 is 0 Å². The standard InChI is InChI=1S/C13H18BrNO/c1-9-4-3-5-11(9)15-12-8-10(14)6-7-13(12)16-2/h6-9,11,15H,3-5H2,1-2H3. The molecule has 0 radical (unpaired) electrons. The Kier molecular flexibility index (Phi) is 3.74. The predicted octanol–water partition coefficient (Wildman–Crippen LogP) is 4.06. The summed E-state index contributed by atoms with van der Waals surface area (Å²) in [5.74, 6) is 1.67. The number of methoxy groups -OCH3 is 1. The van der Waals surface area contributed by atoms with Crippen LogP contribution in [0.3, 0.4) is 0 Å². The maximum atomic E-state index is 5.36. The quantitative estimate of drug-likeness (QED) is 0.903. The Morgan fingerprint density at radius 2 is 2.19 bits per heavy atom. The van der Waals surface area contributed by atoms with Gasteiger partial charge in [-0.3, -0.25) is 0 Å². The molecule has 0 aromatic heterocycles. The second-order valence-corrected chi connectivity index (χ2v) is 5.42. The van der Waals surface area contributed by atoms with Crippen LogP contribution in [-0.2, 0) is 0 Å². The minimum Gasteiger partial charge on any atom is -0.495 e. The van der Waals surface area contributed by atoms with Crippen molar-refractivity contribution in [1.29, 1.82) is 0 Å². The van der Waals surface area contributed by atoms with Gasteiger partial charge < -0.3 is 10.1 Å². The number of anilines is 1. The van der Waals surface area contributed by atoms with Gasteiger partial charge in [0, 0.05) is 10.5 Å². The molecule has 1 aliphatic carbocycles. The van der Waals surface area contributed by atoms with Crippen LogP contribution in [0, 0.1) is 5.92 Å². The van der Waals surface area contributed by atoms with Gasteiger partial charge in [0.25, 0.3) is 0 Å². The highest BCUT2D eigenvalue weighted by atomic mass is 79.9. The van der Waals surface area contributed by atoms with E-state index in [-0.39, 0.29) is 0 Å². The summed E-state index contributed by atoms with van der Waals surface area (Å²) < 4.78 is 6.45. The summed E-state index contributed by atoms with van der Waals surface area (Å²) in [6.07, 6.45) is 3.92. The minimum absolute atomic E-state index is 0.586. The van der Waals surface area contributed by atoms with Crippen molar-refractivity contribution in [3.8, 4) is 5.75 Å². The molecule has 0 bridgehead atoms. The average Bonchev–Trinajstić information content (AvgIpc) is 2.65. The fourth-order valence-corrected chi connectivity index (χ4v) is 2.71. The third-order valence-electron chi connectivity index (χ3n) is 3.36. The number of hydrogen-bond donors (Lipinski definition) is 1. The molecule has 2 atom stereocenters. The zero-order valence-electron chi connectivity index (χ0n) is 9.79. The van der Waals surface area contributed by atoms with Crippen LogP contribution in [0.4, 0.5) is 5.69 Å². The van der Waals surface area contributed by atoms with Crippen LogP contribution in [0.15, 0.2) is 22.7 Å². The van der Waals surface area contributed by atoms with Gasteiger partial charge in [-0.05, 0) is 37.0 Å². The molecule has 3 heteroatoms. The Bertz CT molecular complexity index is 367. The number of rotatable bonds is 3. The molecule has 1 aromatic rings. The highest BCUT2D eigenvalue weighted by Gasteiger charge is 2.23. The molecule has 88 valence electrons. The molecule has 1 N–H and O–H groups in total. The molecule has 1 fully saturated rings. The van der Waals surface area contributed by atoms with Crippen molar-refractivity contribution < 1.29 is 4.74 Å². The van der Waals surface area contributed by atoms with Gasteiger partial charge in [-0.25, -0.2) is 0 Å². The zero-order chi connectivity index (χ0) is 11.5. The first-order chi connectivity index (χ1) is 7.70. The molecule has 1 aliphatic rings. The largest absolute Gasteiger partial charge is 0.495 e. The Morgan fingerprint density at radius 1 is 1.38 bits per heavy atom. The molecule has 0 amide bonds. The van der Waals surface area contributed by atoms with Crippen molar-refractivity contribution in [2.75, 3.05) is 12.4 Å². The molecular formula is C13H18BrNO. The predicted molar refractivity (Wildman–Crippen MR) is 71.1 cm³/mol. The monoisotopic (exact) mass is 283 g/mol. The SMILES string of the molecule is COc1ccc(Br)cc1NC1CCCC1C. The number of nitrogens with one attached hydrogen (secondary N) is 1.